The minimum Gasteiger partial charge on any atom is -0.478 e. The second-order valence-corrected chi connectivity index (χ2v) is 8.15. The first-order chi connectivity index (χ1) is 16.0. The summed E-state index contributed by atoms with van der Waals surface area (Å²) in [5.41, 5.74) is -0.0798. The van der Waals surface area contributed by atoms with Gasteiger partial charge in [0.2, 0.25) is 5.91 Å². The molecule has 0 unspecified atom stereocenters. The first-order valence-corrected chi connectivity index (χ1v) is 11.2. The number of carbonyl (C=O) groups is 2. The summed E-state index contributed by atoms with van der Waals surface area (Å²) in [6.07, 6.45) is 1.21. The molecule has 4 aromatic rings. The molecule has 0 aliphatic rings. The summed E-state index contributed by atoms with van der Waals surface area (Å²) >= 11 is 1.11. The maximum atomic E-state index is 13.1. The van der Waals surface area contributed by atoms with E-state index in [0.29, 0.717) is 34.3 Å². The fraction of sp³-hybridized carbons (Fsp3) is 0.167. The van der Waals surface area contributed by atoms with Gasteiger partial charge in [0.15, 0.2) is 0 Å². The van der Waals surface area contributed by atoms with Gasteiger partial charge in [-0.05, 0) is 42.8 Å². The third-order valence-corrected chi connectivity index (χ3v) is 5.77. The zero-order chi connectivity index (χ0) is 23.4. The zero-order valence-electron chi connectivity index (χ0n) is 17.8. The van der Waals surface area contributed by atoms with Crippen molar-refractivity contribution in [1.82, 2.24) is 9.55 Å². The van der Waals surface area contributed by atoms with Crippen molar-refractivity contribution in [2.75, 3.05) is 5.32 Å². The third-order valence-electron chi connectivity index (χ3n) is 4.90. The van der Waals surface area contributed by atoms with Crippen LogP contribution in [0.1, 0.15) is 29.5 Å². The number of rotatable bonds is 8. The molecule has 2 aromatic carbocycles. The molecule has 0 atom stereocenters. The number of aromatic carboxylic acids is 1. The van der Waals surface area contributed by atoms with Crippen molar-refractivity contribution < 1.29 is 19.4 Å². The second-order valence-electron chi connectivity index (χ2n) is 7.29. The van der Waals surface area contributed by atoms with Gasteiger partial charge in [-0.15, -0.1) is 11.3 Å². The first-order valence-electron chi connectivity index (χ1n) is 10.3. The normalized spacial score (nSPS) is 10.8. The summed E-state index contributed by atoms with van der Waals surface area (Å²) in [5.74, 6) is 0.162. The molecule has 0 saturated heterocycles. The average molecular weight is 464 g/mol. The molecule has 0 bridgehead atoms. The molecule has 2 N–H and O–H groups in total. The Kier molecular flexibility index (Phi) is 6.50. The van der Waals surface area contributed by atoms with Crippen molar-refractivity contribution in [3.63, 3.8) is 0 Å². The Morgan fingerprint density at radius 1 is 1.09 bits per heavy atom. The smallest absolute Gasteiger partial charge is 0.337 e. The van der Waals surface area contributed by atoms with E-state index in [2.05, 4.69) is 10.3 Å². The molecule has 0 saturated carbocycles. The van der Waals surface area contributed by atoms with Gasteiger partial charge >= 0.3 is 5.97 Å². The summed E-state index contributed by atoms with van der Waals surface area (Å²) < 4.78 is 7.00. The third kappa shape index (κ3) is 4.93. The molecule has 1 amide bonds. The Balaban J connectivity index is 1.54. The van der Waals surface area contributed by atoms with Crippen LogP contribution in [0.15, 0.2) is 64.8 Å². The van der Waals surface area contributed by atoms with Gasteiger partial charge in [0.25, 0.3) is 5.56 Å². The van der Waals surface area contributed by atoms with Crippen LogP contribution in [0, 0.1) is 0 Å². The number of nitrogens with zero attached hydrogens (tertiary/aromatic N) is 2. The Bertz CT molecular complexity index is 1360. The maximum Gasteiger partial charge on any atom is 0.337 e. The number of fused-ring (bicyclic) bond motifs is 1. The Labute approximate surface area is 193 Å². The van der Waals surface area contributed by atoms with Crippen LogP contribution in [0.2, 0.25) is 0 Å². The highest BCUT2D eigenvalue weighted by molar-refractivity contribution is 7.17. The molecule has 0 spiro atoms. The number of hydrogen-bond acceptors (Lipinski definition) is 6. The largest absolute Gasteiger partial charge is 0.478 e. The highest BCUT2D eigenvalue weighted by Gasteiger charge is 2.20. The minimum atomic E-state index is -1.20. The van der Waals surface area contributed by atoms with E-state index in [1.807, 2.05) is 37.3 Å². The standard InChI is InChI=1S/C24H21N3O5S/c1-2-6-19-26-22-21(18(14-33-22)24(30)31)23(29)27(19)13-20(28)25-15-9-11-17(12-10-15)32-16-7-4-3-5-8-16/h3-5,7-12,14H,2,6,13H2,1H3,(H,25,28)(H,30,31). The molecule has 2 heterocycles. The molecule has 0 fully saturated rings. The fourth-order valence-corrected chi connectivity index (χ4v) is 4.30. The SMILES string of the molecule is CCCc1nc2scc(C(=O)O)c2c(=O)n1CC(=O)Nc1ccc(Oc2ccccc2)cc1. The monoisotopic (exact) mass is 463 g/mol. The molecule has 8 nitrogen and oxygen atoms in total. The van der Waals surface area contributed by atoms with Crippen molar-refractivity contribution in [2.24, 2.45) is 0 Å². The van der Waals surface area contributed by atoms with Crippen LogP contribution in [-0.4, -0.2) is 26.5 Å². The molecule has 0 radical (unpaired) electrons. The van der Waals surface area contributed by atoms with Gasteiger partial charge < -0.3 is 15.2 Å². The van der Waals surface area contributed by atoms with E-state index < -0.39 is 17.4 Å². The number of amides is 1. The number of carboxylic acid groups (broad SMARTS) is 1. The average Bonchev–Trinajstić information content (AvgIpc) is 3.23. The van der Waals surface area contributed by atoms with Crippen LogP contribution in [0.4, 0.5) is 5.69 Å². The number of ether oxygens (including phenoxy) is 1. The number of para-hydroxylation sites is 1. The number of carbonyl (C=O) groups excluding carboxylic acids is 1. The molecule has 9 heteroatoms. The van der Waals surface area contributed by atoms with E-state index in [0.717, 1.165) is 17.8 Å². The quantitative estimate of drug-likeness (QED) is 0.397. The predicted octanol–water partition coefficient (Wildman–Crippen LogP) is 4.54. The number of aromatic nitrogens is 2. The zero-order valence-corrected chi connectivity index (χ0v) is 18.6. The van der Waals surface area contributed by atoms with E-state index >= 15 is 0 Å². The van der Waals surface area contributed by atoms with Gasteiger partial charge in [0, 0.05) is 17.5 Å². The van der Waals surface area contributed by atoms with E-state index in [1.54, 1.807) is 24.3 Å². The van der Waals surface area contributed by atoms with Gasteiger partial charge in [-0.25, -0.2) is 9.78 Å². The van der Waals surface area contributed by atoms with Gasteiger partial charge in [-0.1, -0.05) is 25.1 Å². The Morgan fingerprint density at radius 2 is 1.79 bits per heavy atom. The summed E-state index contributed by atoms with van der Waals surface area (Å²) in [6, 6.07) is 16.2. The van der Waals surface area contributed by atoms with Crippen LogP contribution in [0.3, 0.4) is 0 Å². The van der Waals surface area contributed by atoms with E-state index in [9.17, 15) is 19.5 Å². The van der Waals surface area contributed by atoms with Gasteiger partial charge in [0.05, 0.1) is 10.9 Å². The van der Waals surface area contributed by atoms with Crippen LogP contribution in [-0.2, 0) is 17.8 Å². The number of anilines is 1. The Hall–Kier alpha value is -3.98. The van der Waals surface area contributed by atoms with Gasteiger partial charge in [-0.3, -0.25) is 14.2 Å². The van der Waals surface area contributed by atoms with Crippen molar-refractivity contribution in [1.29, 1.82) is 0 Å². The molecule has 33 heavy (non-hydrogen) atoms. The lowest BCUT2D eigenvalue weighted by Gasteiger charge is -2.13. The van der Waals surface area contributed by atoms with E-state index in [4.69, 9.17) is 4.74 Å². The van der Waals surface area contributed by atoms with Crippen molar-refractivity contribution in [3.05, 3.63) is 81.7 Å². The van der Waals surface area contributed by atoms with E-state index in [-0.39, 0.29) is 17.5 Å². The highest BCUT2D eigenvalue weighted by Crippen LogP contribution is 2.24. The van der Waals surface area contributed by atoms with Crippen LogP contribution >= 0.6 is 11.3 Å². The molecular weight excluding hydrogens is 442 g/mol. The summed E-state index contributed by atoms with van der Waals surface area (Å²) in [4.78, 5) is 42.1. The summed E-state index contributed by atoms with van der Waals surface area (Å²) in [7, 11) is 0. The molecule has 0 aliphatic heterocycles. The number of carboxylic acids is 1. The van der Waals surface area contributed by atoms with Crippen molar-refractivity contribution in [2.45, 2.75) is 26.3 Å². The summed E-state index contributed by atoms with van der Waals surface area (Å²) in [6.45, 7) is 1.67. The maximum absolute atomic E-state index is 13.1. The molecule has 0 aliphatic carbocycles. The van der Waals surface area contributed by atoms with Gasteiger partial charge in [0.1, 0.15) is 28.7 Å². The predicted molar refractivity (Wildman–Crippen MR) is 126 cm³/mol. The number of aryl methyl sites for hydroxylation is 1. The molecule has 4 rings (SSSR count). The van der Waals surface area contributed by atoms with Crippen LogP contribution < -0.4 is 15.6 Å². The van der Waals surface area contributed by atoms with Crippen molar-refractivity contribution >= 4 is 39.1 Å². The lowest BCUT2D eigenvalue weighted by atomic mass is 10.2. The van der Waals surface area contributed by atoms with Crippen molar-refractivity contribution in [3.8, 4) is 11.5 Å². The lowest BCUT2D eigenvalue weighted by Crippen LogP contribution is -2.31. The number of hydrogen-bond donors (Lipinski definition) is 2. The van der Waals surface area contributed by atoms with Crippen LogP contribution in [0.25, 0.3) is 10.2 Å². The number of nitrogens with one attached hydrogen (secondary N) is 1. The molecule has 168 valence electrons. The van der Waals surface area contributed by atoms with Crippen LogP contribution in [0.5, 0.6) is 11.5 Å². The summed E-state index contributed by atoms with van der Waals surface area (Å²) in [5, 5.41) is 13.6. The topological polar surface area (TPSA) is 111 Å². The molecule has 2 aromatic heterocycles. The lowest BCUT2D eigenvalue weighted by molar-refractivity contribution is -0.116. The number of thiophene rings is 1. The van der Waals surface area contributed by atoms with E-state index in [1.165, 1.54) is 9.95 Å². The minimum absolute atomic E-state index is 0.0302. The molecular formula is C24H21N3O5S. The Morgan fingerprint density at radius 3 is 2.45 bits per heavy atom. The second kappa shape index (κ2) is 9.66. The van der Waals surface area contributed by atoms with Gasteiger partial charge in [-0.2, -0.15) is 0 Å². The first kappa shape index (κ1) is 22.2. The highest BCUT2D eigenvalue weighted by atomic mass is 32.1. The fourth-order valence-electron chi connectivity index (χ4n) is 3.38. The number of benzene rings is 2.